The molecule has 1 amide bonds. The molecule has 23 heavy (non-hydrogen) atoms. The number of amides is 1. The van der Waals surface area contributed by atoms with Crippen molar-refractivity contribution < 1.29 is 31.8 Å². The van der Waals surface area contributed by atoms with E-state index < -0.39 is 35.0 Å². The van der Waals surface area contributed by atoms with Gasteiger partial charge < -0.3 is 15.2 Å². The number of rotatable bonds is 9. The summed E-state index contributed by atoms with van der Waals surface area (Å²) in [6.07, 6.45) is -3.66. The summed E-state index contributed by atoms with van der Waals surface area (Å²) in [5.74, 6) is -0.724. The number of alkyl halides is 2. The number of nitrogens with one attached hydrogen (secondary N) is 2. The molecule has 1 rings (SSSR count). The van der Waals surface area contributed by atoms with E-state index in [1.165, 1.54) is 31.4 Å². The van der Waals surface area contributed by atoms with Gasteiger partial charge in [0.2, 0.25) is 10.0 Å². The van der Waals surface area contributed by atoms with E-state index >= 15 is 0 Å². The van der Waals surface area contributed by atoms with Gasteiger partial charge in [0.1, 0.15) is 0 Å². The largest absolute Gasteiger partial charge is 0.389 e. The highest BCUT2D eigenvalue weighted by Crippen LogP contribution is 2.10. The molecule has 0 spiro atoms. The number of sulfonamides is 1. The maximum atomic E-state index is 12.0. The fraction of sp³-hybridized carbons (Fsp3) is 0.462. The first-order valence-electron chi connectivity index (χ1n) is 6.59. The Morgan fingerprint density at radius 1 is 1.26 bits per heavy atom. The van der Waals surface area contributed by atoms with Crippen molar-refractivity contribution in [2.45, 2.75) is 17.4 Å². The molecule has 7 nitrogen and oxygen atoms in total. The first-order valence-corrected chi connectivity index (χ1v) is 8.07. The molecule has 0 heterocycles. The van der Waals surface area contributed by atoms with Gasteiger partial charge in [0.25, 0.3) is 12.3 Å². The van der Waals surface area contributed by atoms with Gasteiger partial charge in [0.05, 0.1) is 24.2 Å². The first-order chi connectivity index (χ1) is 10.8. The third kappa shape index (κ3) is 6.57. The van der Waals surface area contributed by atoms with Crippen molar-refractivity contribution in [3.8, 4) is 0 Å². The van der Waals surface area contributed by atoms with E-state index in [4.69, 9.17) is 0 Å². The average molecular weight is 352 g/mol. The number of aliphatic hydroxyl groups is 1. The van der Waals surface area contributed by atoms with Crippen molar-refractivity contribution in [2.75, 3.05) is 26.8 Å². The van der Waals surface area contributed by atoms with Gasteiger partial charge >= 0.3 is 0 Å². The normalized spacial score (nSPS) is 13.1. The summed E-state index contributed by atoms with van der Waals surface area (Å²) in [4.78, 5) is 11.4. The van der Waals surface area contributed by atoms with E-state index in [9.17, 15) is 27.1 Å². The smallest absolute Gasteiger partial charge is 0.255 e. The van der Waals surface area contributed by atoms with Crippen LogP contribution in [0.3, 0.4) is 0 Å². The Hall–Kier alpha value is -1.62. The molecule has 0 aromatic heterocycles. The van der Waals surface area contributed by atoms with Gasteiger partial charge in [-0.2, -0.15) is 0 Å². The summed E-state index contributed by atoms with van der Waals surface area (Å²) < 4.78 is 54.8. The predicted molar refractivity (Wildman–Crippen MR) is 77.9 cm³/mol. The van der Waals surface area contributed by atoms with Crippen LogP contribution in [0.4, 0.5) is 8.78 Å². The standard InChI is InChI=1S/C13H18F2N2O5S/c1-22-8-10(18)6-17-23(20,21)11-4-2-9(3-5-11)13(19)16-7-12(14)15/h2-5,10,12,17-18H,6-8H2,1H3,(H,16,19)/t10-/m0/s1. The number of benzene rings is 1. The number of hydrogen-bond acceptors (Lipinski definition) is 5. The Balaban J connectivity index is 2.69. The van der Waals surface area contributed by atoms with Gasteiger partial charge in [0, 0.05) is 19.2 Å². The van der Waals surface area contributed by atoms with Gasteiger partial charge in [-0.25, -0.2) is 21.9 Å². The van der Waals surface area contributed by atoms with Gasteiger partial charge in [-0.1, -0.05) is 0 Å². The number of hydrogen-bond donors (Lipinski definition) is 3. The Morgan fingerprint density at radius 2 is 1.87 bits per heavy atom. The molecule has 130 valence electrons. The zero-order valence-electron chi connectivity index (χ0n) is 12.3. The number of halogens is 2. The molecule has 1 atom stereocenters. The summed E-state index contributed by atoms with van der Waals surface area (Å²) in [5.41, 5.74) is 0.0593. The SMILES string of the molecule is COC[C@@H](O)CNS(=O)(=O)c1ccc(C(=O)NCC(F)F)cc1. The van der Waals surface area contributed by atoms with Crippen molar-refractivity contribution in [3.63, 3.8) is 0 Å². The summed E-state index contributed by atoms with van der Waals surface area (Å²) >= 11 is 0. The van der Waals surface area contributed by atoms with Crippen molar-refractivity contribution in [1.29, 1.82) is 0 Å². The molecule has 0 bridgehead atoms. The number of ether oxygens (including phenoxy) is 1. The minimum Gasteiger partial charge on any atom is -0.389 e. The van der Waals surface area contributed by atoms with Crippen LogP contribution in [0.1, 0.15) is 10.4 Å². The van der Waals surface area contributed by atoms with E-state index in [0.717, 1.165) is 0 Å². The molecule has 10 heteroatoms. The molecular weight excluding hydrogens is 334 g/mol. The number of carbonyl (C=O) groups is 1. The molecular formula is C13H18F2N2O5S. The maximum Gasteiger partial charge on any atom is 0.255 e. The summed E-state index contributed by atoms with van der Waals surface area (Å²) in [7, 11) is -2.49. The van der Waals surface area contributed by atoms with E-state index in [2.05, 4.69) is 9.46 Å². The molecule has 3 N–H and O–H groups in total. The van der Waals surface area contributed by atoms with E-state index in [-0.39, 0.29) is 23.6 Å². The Morgan fingerprint density at radius 3 is 2.39 bits per heavy atom. The number of methoxy groups -OCH3 is 1. The molecule has 0 aliphatic carbocycles. The lowest BCUT2D eigenvalue weighted by atomic mass is 10.2. The fourth-order valence-electron chi connectivity index (χ4n) is 1.60. The van der Waals surface area contributed by atoms with Crippen LogP contribution in [0.25, 0.3) is 0 Å². The molecule has 0 unspecified atom stereocenters. The van der Waals surface area contributed by atoms with E-state index in [0.29, 0.717) is 0 Å². The van der Waals surface area contributed by atoms with Crippen LogP contribution in [0, 0.1) is 0 Å². The zero-order chi connectivity index (χ0) is 17.5. The van der Waals surface area contributed by atoms with E-state index in [1.54, 1.807) is 0 Å². The molecule has 0 aliphatic rings. The topological polar surface area (TPSA) is 105 Å². The third-order valence-corrected chi connectivity index (χ3v) is 4.15. The van der Waals surface area contributed by atoms with Crippen molar-refractivity contribution in [2.24, 2.45) is 0 Å². The zero-order valence-corrected chi connectivity index (χ0v) is 13.1. The van der Waals surface area contributed by atoms with Gasteiger partial charge in [-0.05, 0) is 24.3 Å². The van der Waals surface area contributed by atoms with Crippen LogP contribution in [0.15, 0.2) is 29.2 Å². The van der Waals surface area contributed by atoms with Crippen LogP contribution in [0.5, 0.6) is 0 Å². The molecule has 0 radical (unpaired) electrons. The van der Waals surface area contributed by atoms with Crippen LogP contribution < -0.4 is 10.0 Å². The second-order valence-electron chi connectivity index (χ2n) is 4.59. The van der Waals surface area contributed by atoms with Crippen molar-refractivity contribution in [3.05, 3.63) is 29.8 Å². The van der Waals surface area contributed by atoms with Crippen LogP contribution >= 0.6 is 0 Å². The Labute approximate surface area is 132 Å². The third-order valence-electron chi connectivity index (χ3n) is 2.71. The lowest BCUT2D eigenvalue weighted by Crippen LogP contribution is -2.34. The number of carbonyl (C=O) groups excluding carboxylic acids is 1. The van der Waals surface area contributed by atoms with Crippen molar-refractivity contribution >= 4 is 15.9 Å². The highest BCUT2D eigenvalue weighted by atomic mass is 32.2. The molecule has 0 aliphatic heterocycles. The first kappa shape index (κ1) is 19.4. The second kappa shape index (κ2) is 8.87. The lowest BCUT2D eigenvalue weighted by molar-refractivity contribution is 0.0679. The average Bonchev–Trinajstić information content (AvgIpc) is 2.51. The minimum absolute atomic E-state index is 0.0221. The summed E-state index contributed by atoms with van der Waals surface area (Å²) in [6.45, 7) is -1.03. The molecule has 1 aromatic rings. The van der Waals surface area contributed by atoms with Gasteiger partial charge in [-0.3, -0.25) is 4.79 Å². The maximum absolute atomic E-state index is 12.0. The monoisotopic (exact) mass is 352 g/mol. The van der Waals surface area contributed by atoms with Crippen LogP contribution in [-0.2, 0) is 14.8 Å². The highest BCUT2D eigenvalue weighted by Gasteiger charge is 2.17. The lowest BCUT2D eigenvalue weighted by Gasteiger charge is -2.11. The Bertz CT molecular complexity index is 607. The van der Waals surface area contributed by atoms with Crippen molar-refractivity contribution in [1.82, 2.24) is 10.0 Å². The number of aliphatic hydroxyl groups excluding tert-OH is 1. The van der Waals surface area contributed by atoms with Gasteiger partial charge in [-0.15, -0.1) is 0 Å². The fourth-order valence-corrected chi connectivity index (χ4v) is 2.67. The summed E-state index contributed by atoms with van der Waals surface area (Å²) in [6, 6.07) is 4.76. The van der Waals surface area contributed by atoms with Crippen LogP contribution in [0.2, 0.25) is 0 Å². The van der Waals surface area contributed by atoms with Gasteiger partial charge in [0.15, 0.2) is 0 Å². The minimum atomic E-state index is -3.86. The van der Waals surface area contributed by atoms with E-state index in [1.807, 2.05) is 5.32 Å². The quantitative estimate of drug-likeness (QED) is 0.579. The molecule has 1 aromatic carbocycles. The Kier molecular flexibility index (Phi) is 7.49. The van der Waals surface area contributed by atoms with Crippen LogP contribution in [-0.4, -0.2) is 58.8 Å². The highest BCUT2D eigenvalue weighted by molar-refractivity contribution is 7.89. The summed E-state index contributed by atoms with van der Waals surface area (Å²) in [5, 5.41) is 11.4. The molecule has 0 fully saturated rings. The molecule has 0 saturated carbocycles. The molecule has 0 saturated heterocycles. The predicted octanol–water partition coefficient (Wildman–Crippen LogP) is -0.0329. The second-order valence-corrected chi connectivity index (χ2v) is 6.35.